The fraction of sp³-hybridized carbons (Fsp3) is 0.296. The van der Waals surface area contributed by atoms with Crippen LogP contribution in [0.15, 0.2) is 66.7 Å². The van der Waals surface area contributed by atoms with Crippen LogP contribution in [0.2, 0.25) is 0 Å². The van der Waals surface area contributed by atoms with Crippen molar-refractivity contribution in [3.05, 3.63) is 94.8 Å². The van der Waals surface area contributed by atoms with E-state index >= 15 is 0 Å². The summed E-state index contributed by atoms with van der Waals surface area (Å²) in [5.41, 5.74) is 4.14. The molecule has 5 nitrogen and oxygen atoms in total. The second-order valence-corrected chi connectivity index (χ2v) is 8.24. The number of ether oxygens (including phenoxy) is 2. The average Bonchev–Trinajstić information content (AvgIpc) is 2.83. The van der Waals surface area contributed by atoms with Crippen LogP contribution in [0.3, 0.4) is 0 Å². The summed E-state index contributed by atoms with van der Waals surface area (Å²) in [4.78, 5) is 15.0. The number of hydrogen-bond acceptors (Lipinski definition) is 4. The lowest BCUT2D eigenvalue weighted by Gasteiger charge is -2.38. The highest BCUT2D eigenvalue weighted by Gasteiger charge is 2.29. The van der Waals surface area contributed by atoms with Gasteiger partial charge < -0.3 is 14.8 Å². The lowest BCUT2D eigenvalue weighted by Crippen LogP contribution is -2.42. The Morgan fingerprint density at radius 2 is 1.73 bits per heavy atom. The molecule has 4 rings (SSSR count). The number of halogens is 1. The van der Waals surface area contributed by atoms with E-state index in [1.807, 2.05) is 48.5 Å². The minimum Gasteiger partial charge on any atom is -0.493 e. The van der Waals surface area contributed by atoms with Crippen molar-refractivity contribution >= 4 is 5.91 Å². The van der Waals surface area contributed by atoms with Gasteiger partial charge in [-0.15, -0.1) is 0 Å². The molecule has 1 atom stereocenters. The van der Waals surface area contributed by atoms with Gasteiger partial charge in [0, 0.05) is 19.6 Å². The smallest absolute Gasteiger partial charge is 0.224 e. The van der Waals surface area contributed by atoms with Gasteiger partial charge in [0.15, 0.2) is 11.5 Å². The van der Waals surface area contributed by atoms with Crippen LogP contribution in [0.1, 0.15) is 28.3 Å². The van der Waals surface area contributed by atoms with Gasteiger partial charge in [0.25, 0.3) is 0 Å². The number of fused-ring (bicyclic) bond motifs is 1. The third-order valence-electron chi connectivity index (χ3n) is 6.09. The summed E-state index contributed by atoms with van der Waals surface area (Å²) in [6, 6.07) is 20.3. The Morgan fingerprint density at radius 3 is 2.45 bits per heavy atom. The minimum atomic E-state index is -0.246. The average molecular weight is 449 g/mol. The molecule has 1 aliphatic heterocycles. The summed E-state index contributed by atoms with van der Waals surface area (Å²) >= 11 is 0. The van der Waals surface area contributed by atoms with Crippen molar-refractivity contribution in [3.63, 3.8) is 0 Å². The summed E-state index contributed by atoms with van der Waals surface area (Å²) < 4.78 is 24.8. The number of amides is 1. The summed E-state index contributed by atoms with van der Waals surface area (Å²) in [5, 5.41) is 3.11. The number of nitrogens with zero attached hydrogens (tertiary/aromatic N) is 1. The number of rotatable bonds is 8. The molecule has 0 bridgehead atoms. The maximum atomic E-state index is 13.8. The molecule has 33 heavy (non-hydrogen) atoms. The van der Waals surface area contributed by atoms with Gasteiger partial charge in [-0.1, -0.05) is 42.5 Å². The molecule has 0 saturated heterocycles. The van der Waals surface area contributed by atoms with Crippen LogP contribution in [-0.4, -0.2) is 38.1 Å². The van der Waals surface area contributed by atoms with Crippen molar-refractivity contribution in [1.29, 1.82) is 0 Å². The van der Waals surface area contributed by atoms with Gasteiger partial charge in [0.2, 0.25) is 5.91 Å². The Bertz CT molecular complexity index is 1100. The van der Waals surface area contributed by atoms with Crippen molar-refractivity contribution in [2.75, 3.05) is 27.3 Å². The van der Waals surface area contributed by atoms with Gasteiger partial charge in [-0.2, -0.15) is 0 Å². The van der Waals surface area contributed by atoms with E-state index in [9.17, 15) is 9.18 Å². The van der Waals surface area contributed by atoms with Gasteiger partial charge >= 0.3 is 0 Å². The zero-order chi connectivity index (χ0) is 23.2. The molecule has 0 spiro atoms. The molecular weight excluding hydrogens is 419 g/mol. The first kappa shape index (κ1) is 22.8. The number of benzene rings is 3. The van der Waals surface area contributed by atoms with E-state index in [-0.39, 0.29) is 17.8 Å². The fourth-order valence-electron chi connectivity index (χ4n) is 4.43. The maximum absolute atomic E-state index is 13.8. The highest BCUT2D eigenvalue weighted by Crippen LogP contribution is 2.38. The van der Waals surface area contributed by atoms with Gasteiger partial charge in [-0.05, 0) is 52.9 Å². The molecule has 0 aliphatic carbocycles. The molecule has 0 saturated carbocycles. The lowest BCUT2D eigenvalue weighted by atomic mass is 9.91. The van der Waals surface area contributed by atoms with Crippen LogP contribution in [0, 0.1) is 5.82 Å². The fourth-order valence-corrected chi connectivity index (χ4v) is 4.43. The van der Waals surface area contributed by atoms with Crippen molar-refractivity contribution in [3.8, 4) is 11.5 Å². The van der Waals surface area contributed by atoms with Gasteiger partial charge in [0.1, 0.15) is 5.82 Å². The molecule has 1 aliphatic rings. The Labute approximate surface area is 194 Å². The second-order valence-electron chi connectivity index (χ2n) is 8.24. The molecule has 0 fully saturated rings. The van der Waals surface area contributed by atoms with E-state index in [0.29, 0.717) is 31.0 Å². The second kappa shape index (κ2) is 10.5. The predicted molar refractivity (Wildman–Crippen MR) is 126 cm³/mol. The maximum Gasteiger partial charge on any atom is 0.224 e. The first-order chi connectivity index (χ1) is 16.1. The van der Waals surface area contributed by atoms with E-state index in [0.717, 1.165) is 29.7 Å². The normalized spacial score (nSPS) is 15.5. The highest BCUT2D eigenvalue weighted by molar-refractivity contribution is 5.78. The molecule has 0 aromatic heterocycles. The zero-order valence-corrected chi connectivity index (χ0v) is 19.0. The molecule has 1 unspecified atom stereocenters. The van der Waals surface area contributed by atoms with Crippen molar-refractivity contribution < 1.29 is 18.7 Å². The summed E-state index contributed by atoms with van der Waals surface area (Å²) in [7, 11) is 3.25. The first-order valence-corrected chi connectivity index (χ1v) is 11.1. The van der Waals surface area contributed by atoms with Crippen LogP contribution in [0.5, 0.6) is 11.5 Å². The third-order valence-corrected chi connectivity index (χ3v) is 6.09. The topological polar surface area (TPSA) is 50.8 Å². The molecule has 1 N–H and O–H groups in total. The standard InChI is InChI=1S/C27H29FN2O3/c1-32-25-15-21-11-12-30(18-20-9-6-10-22(28)13-20)24(23(21)16-26(25)33-2)17-29-27(31)14-19-7-4-3-5-8-19/h3-10,13,15-16,24H,11-12,14,17-18H2,1-2H3,(H,29,31). The van der Waals surface area contributed by atoms with Crippen molar-refractivity contribution in [2.45, 2.75) is 25.4 Å². The molecule has 6 heteroatoms. The molecule has 1 amide bonds. The Hall–Kier alpha value is -3.38. The Balaban J connectivity index is 1.58. The molecule has 172 valence electrons. The van der Waals surface area contributed by atoms with E-state index in [1.165, 1.54) is 11.6 Å². The van der Waals surface area contributed by atoms with E-state index in [1.54, 1.807) is 26.4 Å². The summed E-state index contributed by atoms with van der Waals surface area (Å²) in [6.45, 7) is 1.83. The highest BCUT2D eigenvalue weighted by atomic mass is 19.1. The number of carbonyl (C=O) groups is 1. The molecule has 0 radical (unpaired) electrons. The van der Waals surface area contributed by atoms with Crippen LogP contribution in [-0.2, 0) is 24.2 Å². The molecular formula is C27H29FN2O3. The van der Waals surface area contributed by atoms with E-state index in [4.69, 9.17) is 9.47 Å². The first-order valence-electron chi connectivity index (χ1n) is 11.1. The van der Waals surface area contributed by atoms with Crippen LogP contribution in [0.25, 0.3) is 0 Å². The number of nitrogens with one attached hydrogen (secondary N) is 1. The number of hydrogen-bond donors (Lipinski definition) is 1. The minimum absolute atomic E-state index is 0.0282. The van der Waals surface area contributed by atoms with Crippen molar-refractivity contribution in [2.24, 2.45) is 0 Å². The molecule has 1 heterocycles. The quantitative estimate of drug-likeness (QED) is 0.558. The summed E-state index contributed by atoms with van der Waals surface area (Å²) in [5.74, 6) is 1.08. The van der Waals surface area contributed by atoms with Crippen LogP contribution < -0.4 is 14.8 Å². The van der Waals surface area contributed by atoms with Gasteiger partial charge in [-0.25, -0.2) is 4.39 Å². The number of carbonyl (C=O) groups excluding carboxylic acids is 1. The predicted octanol–water partition coefficient (Wildman–Crippen LogP) is 4.30. The summed E-state index contributed by atoms with van der Waals surface area (Å²) in [6.07, 6.45) is 1.16. The number of methoxy groups -OCH3 is 2. The van der Waals surface area contributed by atoms with Gasteiger partial charge in [0.05, 0.1) is 26.7 Å². The zero-order valence-electron chi connectivity index (χ0n) is 19.0. The largest absolute Gasteiger partial charge is 0.493 e. The SMILES string of the molecule is COc1cc2c(cc1OC)C(CNC(=O)Cc1ccccc1)N(Cc1cccc(F)c1)CC2. The molecule has 3 aromatic carbocycles. The monoisotopic (exact) mass is 448 g/mol. The van der Waals surface area contributed by atoms with Crippen molar-refractivity contribution in [1.82, 2.24) is 10.2 Å². The van der Waals surface area contributed by atoms with Crippen LogP contribution in [0.4, 0.5) is 4.39 Å². The lowest BCUT2D eigenvalue weighted by molar-refractivity contribution is -0.120. The molecule has 3 aromatic rings. The van der Waals surface area contributed by atoms with Gasteiger partial charge in [-0.3, -0.25) is 9.69 Å². The van der Waals surface area contributed by atoms with Crippen LogP contribution >= 0.6 is 0 Å². The Kier molecular flexibility index (Phi) is 7.25. The van der Waals surface area contributed by atoms with E-state index < -0.39 is 0 Å². The Morgan fingerprint density at radius 1 is 1.00 bits per heavy atom. The third kappa shape index (κ3) is 5.52. The van der Waals surface area contributed by atoms with E-state index in [2.05, 4.69) is 10.2 Å².